The smallest absolute Gasteiger partial charge is 0.240 e. The molecule has 0 bridgehead atoms. The lowest BCUT2D eigenvalue weighted by Gasteiger charge is -2.20. The largest absolute Gasteiger partial charge is 0.341 e. The van der Waals surface area contributed by atoms with Crippen molar-refractivity contribution in [2.24, 2.45) is 0 Å². The average molecular weight is 299 g/mol. The van der Waals surface area contributed by atoms with Crippen molar-refractivity contribution in [3.63, 3.8) is 0 Å². The van der Waals surface area contributed by atoms with Crippen molar-refractivity contribution in [1.29, 1.82) is 0 Å². The highest BCUT2D eigenvalue weighted by Crippen LogP contribution is 2.09. The lowest BCUT2D eigenvalue weighted by Crippen LogP contribution is -2.46. The predicted octanol–water partition coefficient (Wildman–Crippen LogP) is 0.269. The zero-order valence-electron chi connectivity index (χ0n) is 8.57. The van der Waals surface area contributed by atoms with E-state index in [9.17, 15) is 13.2 Å². The van der Waals surface area contributed by atoms with Crippen LogP contribution in [-0.2, 0) is 14.8 Å². The second-order valence-corrected chi connectivity index (χ2v) is 6.65. The standard InChI is InChI=1S/C8H15BrN2O3S/c1-7(10-15(13,14)6-9)8(12)11-4-2-3-5-11/h7,10H,2-6H2,1H3. The first kappa shape index (κ1) is 12.9. The van der Waals surface area contributed by atoms with Crippen LogP contribution in [0.15, 0.2) is 0 Å². The summed E-state index contributed by atoms with van der Waals surface area (Å²) in [5.41, 5.74) is 0. The first-order chi connectivity index (χ1) is 6.96. The van der Waals surface area contributed by atoms with Crippen LogP contribution in [0.4, 0.5) is 0 Å². The highest BCUT2D eigenvalue weighted by atomic mass is 79.9. The van der Waals surface area contributed by atoms with E-state index in [1.807, 2.05) is 0 Å². The number of rotatable bonds is 4. The van der Waals surface area contributed by atoms with E-state index in [0.717, 1.165) is 25.9 Å². The molecule has 1 amide bonds. The fourth-order valence-electron chi connectivity index (χ4n) is 1.56. The molecular formula is C8H15BrN2O3S. The molecule has 0 spiro atoms. The van der Waals surface area contributed by atoms with Crippen molar-refractivity contribution in [2.75, 3.05) is 17.8 Å². The Morgan fingerprint density at radius 2 is 2.00 bits per heavy atom. The number of nitrogens with zero attached hydrogens (tertiary/aromatic N) is 1. The molecule has 1 fully saturated rings. The molecule has 1 N–H and O–H groups in total. The molecule has 0 aromatic carbocycles. The van der Waals surface area contributed by atoms with Crippen molar-refractivity contribution in [3.8, 4) is 0 Å². The molecule has 1 heterocycles. The van der Waals surface area contributed by atoms with Crippen molar-refractivity contribution >= 4 is 31.9 Å². The van der Waals surface area contributed by atoms with E-state index in [0.29, 0.717) is 0 Å². The first-order valence-corrected chi connectivity index (χ1v) is 7.58. The van der Waals surface area contributed by atoms with E-state index in [-0.39, 0.29) is 10.6 Å². The number of nitrogens with one attached hydrogen (secondary N) is 1. The third-order valence-corrected chi connectivity index (χ3v) is 5.10. The maximum atomic E-state index is 11.7. The van der Waals surface area contributed by atoms with Gasteiger partial charge < -0.3 is 4.90 Å². The van der Waals surface area contributed by atoms with Crippen LogP contribution < -0.4 is 4.72 Å². The van der Waals surface area contributed by atoms with Gasteiger partial charge in [-0.1, -0.05) is 15.9 Å². The van der Waals surface area contributed by atoms with E-state index in [1.54, 1.807) is 11.8 Å². The maximum absolute atomic E-state index is 11.7. The van der Waals surface area contributed by atoms with Crippen LogP contribution in [0.25, 0.3) is 0 Å². The Morgan fingerprint density at radius 1 is 1.47 bits per heavy atom. The number of alkyl halides is 1. The predicted molar refractivity (Wildman–Crippen MR) is 61.1 cm³/mol. The first-order valence-electron chi connectivity index (χ1n) is 4.81. The van der Waals surface area contributed by atoms with Gasteiger partial charge in [0.05, 0.1) is 6.04 Å². The second kappa shape index (κ2) is 5.27. The maximum Gasteiger partial charge on any atom is 0.240 e. The fourth-order valence-corrected chi connectivity index (χ4v) is 2.66. The number of likely N-dealkylation sites (tertiary alicyclic amines) is 1. The van der Waals surface area contributed by atoms with Crippen molar-refractivity contribution in [1.82, 2.24) is 9.62 Å². The van der Waals surface area contributed by atoms with Gasteiger partial charge in [-0.25, -0.2) is 13.1 Å². The number of sulfonamides is 1. The minimum absolute atomic E-state index is 0.142. The van der Waals surface area contributed by atoms with Gasteiger partial charge in [-0.05, 0) is 19.8 Å². The Morgan fingerprint density at radius 3 is 2.47 bits per heavy atom. The summed E-state index contributed by atoms with van der Waals surface area (Å²) in [4.78, 5) is 13.4. The Balaban J connectivity index is 2.53. The summed E-state index contributed by atoms with van der Waals surface area (Å²) < 4.78 is 24.5. The lowest BCUT2D eigenvalue weighted by atomic mass is 10.3. The third kappa shape index (κ3) is 3.73. The average Bonchev–Trinajstić information content (AvgIpc) is 2.68. The highest BCUT2D eigenvalue weighted by Gasteiger charge is 2.25. The molecule has 1 saturated heterocycles. The Kier molecular flexibility index (Phi) is 4.54. The zero-order chi connectivity index (χ0) is 11.5. The van der Waals surface area contributed by atoms with Crippen molar-refractivity contribution in [2.45, 2.75) is 25.8 Å². The molecule has 7 heteroatoms. The summed E-state index contributed by atoms with van der Waals surface area (Å²) in [5, 5.41) is 0. The van der Waals surface area contributed by atoms with Gasteiger partial charge in [0.25, 0.3) is 0 Å². The highest BCUT2D eigenvalue weighted by molar-refractivity contribution is 9.10. The van der Waals surface area contributed by atoms with E-state index < -0.39 is 16.1 Å². The Labute approximate surface area is 98.4 Å². The van der Waals surface area contributed by atoms with Crippen LogP contribution in [0.5, 0.6) is 0 Å². The molecule has 15 heavy (non-hydrogen) atoms. The molecule has 5 nitrogen and oxygen atoms in total. The van der Waals surface area contributed by atoms with Crippen LogP contribution in [-0.4, -0.2) is 43.0 Å². The van der Waals surface area contributed by atoms with E-state index in [2.05, 4.69) is 20.7 Å². The van der Waals surface area contributed by atoms with E-state index in [1.165, 1.54) is 0 Å². The molecule has 1 atom stereocenters. The molecule has 0 aromatic rings. The number of hydrogen-bond donors (Lipinski definition) is 1. The van der Waals surface area contributed by atoms with Gasteiger partial charge in [0.15, 0.2) is 0 Å². The molecule has 0 saturated carbocycles. The summed E-state index contributed by atoms with van der Waals surface area (Å²) in [5.74, 6) is -0.142. The quantitative estimate of drug-likeness (QED) is 0.758. The van der Waals surface area contributed by atoms with Crippen molar-refractivity contribution < 1.29 is 13.2 Å². The number of halogens is 1. The summed E-state index contributed by atoms with van der Waals surface area (Å²) in [7, 11) is -3.37. The molecule has 1 rings (SSSR count). The molecule has 1 unspecified atom stereocenters. The fraction of sp³-hybridized carbons (Fsp3) is 0.875. The van der Waals surface area contributed by atoms with Gasteiger partial charge >= 0.3 is 0 Å². The molecule has 0 radical (unpaired) electrons. The van der Waals surface area contributed by atoms with E-state index in [4.69, 9.17) is 0 Å². The summed E-state index contributed by atoms with van der Waals surface area (Å²) >= 11 is 2.86. The summed E-state index contributed by atoms with van der Waals surface area (Å²) in [6.45, 7) is 3.04. The molecule has 1 aliphatic rings. The van der Waals surface area contributed by atoms with Crippen LogP contribution >= 0.6 is 15.9 Å². The Hall–Kier alpha value is -0.140. The van der Waals surface area contributed by atoms with Gasteiger partial charge in [-0.15, -0.1) is 0 Å². The number of amides is 1. The minimum Gasteiger partial charge on any atom is -0.341 e. The zero-order valence-corrected chi connectivity index (χ0v) is 11.0. The van der Waals surface area contributed by atoms with Gasteiger partial charge in [0.1, 0.15) is 4.66 Å². The van der Waals surface area contributed by atoms with Crippen LogP contribution in [0, 0.1) is 0 Å². The number of carbonyl (C=O) groups excluding carboxylic acids is 1. The molecule has 88 valence electrons. The molecule has 0 aliphatic carbocycles. The van der Waals surface area contributed by atoms with Crippen LogP contribution in [0.2, 0.25) is 0 Å². The molecular weight excluding hydrogens is 284 g/mol. The normalized spacial score (nSPS) is 19.2. The molecule has 0 aromatic heterocycles. The van der Waals surface area contributed by atoms with Crippen molar-refractivity contribution in [3.05, 3.63) is 0 Å². The summed E-state index contributed by atoms with van der Waals surface area (Å²) in [6.07, 6.45) is 2.01. The minimum atomic E-state index is -3.37. The Bertz CT molecular complexity index is 325. The molecule has 1 aliphatic heterocycles. The summed E-state index contributed by atoms with van der Waals surface area (Å²) in [6, 6.07) is -0.675. The lowest BCUT2D eigenvalue weighted by molar-refractivity contribution is -0.131. The van der Waals surface area contributed by atoms with Crippen LogP contribution in [0.1, 0.15) is 19.8 Å². The number of hydrogen-bond acceptors (Lipinski definition) is 3. The van der Waals surface area contributed by atoms with Crippen LogP contribution in [0.3, 0.4) is 0 Å². The SMILES string of the molecule is CC(NS(=O)(=O)CBr)C(=O)N1CCCC1. The number of carbonyl (C=O) groups is 1. The van der Waals surface area contributed by atoms with Gasteiger partial charge in [0, 0.05) is 13.1 Å². The van der Waals surface area contributed by atoms with Gasteiger partial charge in [0.2, 0.25) is 15.9 Å². The topological polar surface area (TPSA) is 66.5 Å². The second-order valence-electron chi connectivity index (χ2n) is 3.60. The van der Waals surface area contributed by atoms with E-state index >= 15 is 0 Å². The van der Waals surface area contributed by atoms with Gasteiger partial charge in [-0.3, -0.25) is 4.79 Å². The monoisotopic (exact) mass is 298 g/mol. The third-order valence-electron chi connectivity index (χ3n) is 2.29. The van der Waals surface area contributed by atoms with Gasteiger partial charge in [-0.2, -0.15) is 0 Å².